The minimum absolute atomic E-state index is 0.331. The highest BCUT2D eigenvalue weighted by Gasteiger charge is 2.28. The summed E-state index contributed by atoms with van der Waals surface area (Å²) in [7, 11) is 0. The van der Waals surface area contributed by atoms with Crippen molar-refractivity contribution in [2.24, 2.45) is 5.92 Å². The van der Waals surface area contributed by atoms with Crippen molar-refractivity contribution in [2.45, 2.75) is 32.6 Å². The number of carbonyl (C=O) groups is 1. The number of rotatable bonds is 3. The van der Waals surface area contributed by atoms with Gasteiger partial charge >= 0.3 is 5.97 Å². The van der Waals surface area contributed by atoms with E-state index in [4.69, 9.17) is 9.52 Å². The van der Waals surface area contributed by atoms with E-state index in [0.717, 1.165) is 17.0 Å². The van der Waals surface area contributed by atoms with Gasteiger partial charge in [-0.05, 0) is 25.3 Å². The molecule has 0 fully saturated rings. The number of benzene rings is 1. The highest BCUT2D eigenvalue weighted by Crippen LogP contribution is 2.27. The highest BCUT2D eigenvalue weighted by atomic mass is 16.4. The fourth-order valence-electron chi connectivity index (χ4n) is 2.60. The number of carboxylic acids is 1. The zero-order valence-electron chi connectivity index (χ0n) is 11.4. The van der Waals surface area contributed by atoms with Crippen LogP contribution in [-0.4, -0.2) is 16.1 Å². The molecule has 1 atom stereocenters. The van der Waals surface area contributed by atoms with Crippen LogP contribution in [0.4, 0.5) is 0 Å². The molecule has 0 bridgehead atoms. The molecule has 4 nitrogen and oxygen atoms in total. The topological polar surface area (TPSA) is 63.3 Å². The molecule has 1 unspecified atom stereocenters. The molecule has 104 valence electrons. The van der Waals surface area contributed by atoms with E-state index in [-0.39, 0.29) is 5.92 Å². The van der Waals surface area contributed by atoms with Crippen molar-refractivity contribution in [1.29, 1.82) is 0 Å². The Morgan fingerprint density at radius 1 is 1.40 bits per heavy atom. The third-order valence-corrected chi connectivity index (χ3v) is 3.81. The van der Waals surface area contributed by atoms with Gasteiger partial charge in [-0.15, -0.1) is 0 Å². The van der Waals surface area contributed by atoms with Crippen LogP contribution < -0.4 is 0 Å². The first-order valence-electron chi connectivity index (χ1n) is 6.87. The molecule has 1 aliphatic carbocycles. The molecule has 0 aliphatic heterocycles. The molecule has 4 heteroatoms. The number of aromatic nitrogens is 1. The largest absolute Gasteiger partial charge is 0.481 e. The fraction of sp³-hybridized carbons (Fsp3) is 0.375. The Morgan fingerprint density at radius 2 is 2.15 bits per heavy atom. The first kappa shape index (κ1) is 12.9. The second-order valence-corrected chi connectivity index (χ2v) is 5.42. The molecule has 0 saturated carbocycles. The summed E-state index contributed by atoms with van der Waals surface area (Å²) in [5, 5.41) is 9.07. The Kier molecular flexibility index (Phi) is 3.30. The summed E-state index contributed by atoms with van der Waals surface area (Å²) in [6, 6.07) is 8.27. The van der Waals surface area contributed by atoms with E-state index in [1.807, 2.05) is 0 Å². The van der Waals surface area contributed by atoms with Crippen molar-refractivity contribution in [2.75, 3.05) is 0 Å². The molecule has 3 rings (SSSR count). The third-order valence-electron chi connectivity index (χ3n) is 3.81. The van der Waals surface area contributed by atoms with E-state index in [1.165, 1.54) is 5.56 Å². The summed E-state index contributed by atoms with van der Waals surface area (Å²) in [6.07, 6.45) is 2.47. The molecule has 0 amide bonds. The zero-order valence-corrected chi connectivity index (χ0v) is 11.4. The Labute approximate surface area is 117 Å². The molecule has 0 spiro atoms. The van der Waals surface area contributed by atoms with E-state index < -0.39 is 5.97 Å². The van der Waals surface area contributed by atoms with Crippen molar-refractivity contribution in [3.8, 4) is 0 Å². The van der Waals surface area contributed by atoms with Crippen LogP contribution in [-0.2, 0) is 24.1 Å². The van der Waals surface area contributed by atoms with Crippen molar-refractivity contribution in [3.63, 3.8) is 0 Å². The van der Waals surface area contributed by atoms with E-state index >= 15 is 0 Å². The van der Waals surface area contributed by atoms with Gasteiger partial charge in [0.05, 0.1) is 11.6 Å². The van der Waals surface area contributed by atoms with E-state index in [0.29, 0.717) is 31.6 Å². The highest BCUT2D eigenvalue weighted by molar-refractivity contribution is 5.70. The number of aliphatic carboxylic acids is 1. The van der Waals surface area contributed by atoms with Crippen LogP contribution in [0.1, 0.15) is 34.9 Å². The van der Waals surface area contributed by atoms with Crippen LogP contribution >= 0.6 is 0 Å². The Hall–Kier alpha value is -2.10. The molecule has 20 heavy (non-hydrogen) atoms. The summed E-state index contributed by atoms with van der Waals surface area (Å²) in [6.45, 7) is 2.06. The monoisotopic (exact) mass is 271 g/mol. The van der Waals surface area contributed by atoms with E-state index in [9.17, 15) is 4.79 Å². The van der Waals surface area contributed by atoms with Crippen molar-refractivity contribution in [3.05, 3.63) is 52.7 Å². The smallest absolute Gasteiger partial charge is 0.306 e. The number of oxazole rings is 1. The van der Waals surface area contributed by atoms with Gasteiger partial charge in [-0.2, -0.15) is 0 Å². The van der Waals surface area contributed by atoms with Crippen molar-refractivity contribution < 1.29 is 14.3 Å². The first-order chi connectivity index (χ1) is 9.61. The lowest BCUT2D eigenvalue weighted by Crippen LogP contribution is -2.21. The molecule has 1 aromatic heterocycles. The predicted molar refractivity (Wildman–Crippen MR) is 73.6 cm³/mol. The van der Waals surface area contributed by atoms with Crippen LogP contribution in [0, 0.1) is 12.8 Å². The van der Waals surface area contributed by atoms with Crippen LogP contribution in [0.5, 0.6) is 0 Å². The van der Waals surface area contributed by atoms with Gasteiger partial charge < -0.3 is 9.52 Å². The number of aryl methyl sites for hydroxylation is 2. The van der Waals surface area contributed by atoms with Crippen LogP contribution in [0.2, 0.25) is 0 Å². The standard InChI is InChI=1S/C16H17NO3/c1-10-2-4-11(5-3-10)8-15-17-13-7-6-12(16(18)19)9-14(13)20-15/h2-5,12H,6-9H2,1H3,(H,18,19). The Morgan fingerprint density at radius 3 is 2.85 bits per heavy atom. The van der Waals surface area contributed by atoms with E-state index in [1.54, 1.807) is 0 Å². The molecule has 1 N–H and O–H groups in total. The van der Waals surface area contributed by atoms with Gasteiger partial charge in [-0.25, -0.2) is 4.98 Å². The molecule has 1 aromatic carbocycles. The van der Waals surface area contributed by atoms with Crippen molar-refractivity contribution in [1.82, 2.24) is 4.98 Å². The second-order valence-electron chi connectivity index (χ2n) is 5.42. The lowest BCUT2D eigenvalue weighted by atomic mass is 9.91. The SMILES string of the molecule is Cc1ccc(Cc2nc3c(o2)CC(C(=O)O)CC3)cc1. The number of nitrogens with zero attached hydrogens (tertiary/aromatic N) is 1. The summed E-state index contributed by atoms with van der Waals surface area (Å²) < 4.78 is 5.75. The van der Waals surface area contributed by atoms with Crippen LogP contribution in [0.3, 0.4) is 0 Å². The first-order valence-corrected chi connectivity index (χ1v) is 6.87. The number of fused-ring (bicyclic) bond motifs is 1. The normalized spacial score (nSPS) is 17.8. The maximum Gasteiger partial charge on any atom is 0.306 e. The molecule has 0 saturated heterocycles. The predicted octanol–water partition coefficient (Wildman–Crippen LogP) is 2.76. The van der Waals surface area contributed by atoms with Gasteiger partial charge in [0.1, 0.15) is 5.76 Å². The number of carboxylic acid groups (broad SMARTS) is 1. The summed E-state index contributed by atoms with van der Waals surface area (Å²) in [4.78, 5) is 15.5. The van der Waals surface area contributed by atoms with Gasteiger partial charge in [0, 0.05) is 12.8 Å². The summed E-state index contributed by atoms with van der Waals surface area (Å²) in [5.41, 5.74) is 3.32. The van der Waals surface area contributed by atoms with Gasteiger partial charge in [-0.3, -0.25) is 4.79 Å². The average molecular weight is 271 g/mol. The minimum Gasteiger partial charge on any atom is -0.481 e. The Bertz CT molecular complexity index is 628. The zero-order chi connectivity index (χ0) is 14.1. The van der Waals surface area contributed by atoms with Gasteiger partial charge in [-0.1, -0.05) is 29.8 Å². The molecular weight excluding hydrogens is 254 g/mol. The lowest BCUT2D eigenvalue weighted by Gasteiger charge is -2.15. The maximum atomic E-state index is 11.0. The van der Waals surface area contributed by atoms with Gasteiger partial charge in [0.25, 0.3) is 0 Å². The number of hydrogen-bond acceptors (Lipinski definition) is 3. The van der Waals surface area contributed by atoms with Gasteiger partial charge in [0.15, 0.2) is 5.89 Å². The molecule has 1 aliphatic rings. The Balaban J connectivity index is 1.77. The quantitative estimate of drug-likeness (QED) is 0.932. The summed E-state index contributed by atoms with van der Waals surface area (Å²) >= 11 is 0. The van der Waals surface area contributed by atoms with E-state index in [2.05, 4.69) is 36.2 Å². The number of hydrogen-bond donors (Lipinski definition) is 1. The molecule has 2 aromatic rings. The van der Waals surface area contributed by atoms with Gasteiger partial charge in [0.2, 0.25) is 0 Å². The fourth-order valence-corrected chi connectivity index (χ4v) is 2.60. The van der Waals surface area contributed by atoms with Crippen molar-refractivity contribution >= 4 is 5.97 Å². The molecule has 1 heterocycles. The average Bonchev–Trinajstić information content (AvgIpc) is 2.82. The second kappa shape index (κ2) is 5.12. The van der Waals surface area contributed by atoms with Crippen LogP contribution in [0.15, 0.2) is 28.7 Å². The molecular formula is C16H17NO3. The summed E-state index contributed by atoms with van der Waals surface area (Å²) in [5.74, 6) is 0.366. The lowest BCUT2D eigenvalue weighted by molar-refractivity contribution is -0.142. The van der Waals surface area contributed by atoms with Crippen LogP contribution in [0.25, 0.3) is 0 Å². The third kappa shape index (κ3) is 2.59. The molecule has 0 radical (unpaired) electrons. The maximum absolute atomic E-state index is 11.0. The minimum atomic E-state index is -0.743.